The first-order chi connectivity index (χ1) is 11.5. The third-order valence-corrected chi connectivity index (χ3v) is 4.44. The zero-order valence-corrected chi connectivity index (χ0v) is 14.1. The lowest BCUT2D eigenvalue weighted by Crippen LogP contribution is -2.42. The molecule has 1 aliphatic heterocycles. The molecule has 1 saturated heterocycles. The van der Waals surface area contributed by atoms with Crippen molar-refractivity contribution in [2.24, 2.45) is 0 Å². The van der Waals surface area contributed by atoms with E-state index >= 15 is 0 Å². The van der Waals surface area contributed by atoms with Crippen molar-refractivity contribution in [1.29, 1.82) is 0 Å². The van der Waals surface area contributed by atoms with E-state index in [9.17, 15) is 9.90 Å². The smallest absolute Gasteiger partial charge is 0.254 e. The van der Waals surface area contributed by atoms with Crippen molar-refractivity contribution in [3.63, 3.8) is 0 Å². The number of carbonyl (C=O) groups excluding carboxylic acids is 1. The van der Waals surface area contributed by atoms with Gasteiger partial charge in [0.1, 0.15) is 5.76 Å². The molecule has 2 heterocycles. The number of aliphatic hydroxyl groups is 1. The Morgan fingerprint density at radius 1 is 1.46 bits per heavy atom. The number of hydrogen-bond donors (Lipinski definition) is 2. The van der Waals surface area contributed by atoms with Gasteiger partial charge in [-0.05, 0) is 44.9 Å². The maximum Gasteiger partial charge on any atom is 0.254 e. The molecular formula is C18H23N3O3. The van der Waals surface area contributed by atoms with E-state index in [1.54, 1.807) is 4.90 Å². The highest BCUT2D eigenvalue weighted by molar-refractivity contribution is 5.95. The summed E-state index contributed by atoms with van der Waals surface area (Å²) in [6, 6.07) is 7.45. The lowest BCUT2D eigenvalue weighted by atomic mass is 10.1. The molecule has 1 aromatic carbocycles. The van der Waals surface area contributed by atoms with Crippen LogP contribution in [0.25, 0.3) is 0 Å². The van der Waals surface area contributed by atoms with Crippen LogP contribution in [0.15, 0.2) is 28.8 Å². The number of benzene rings is 1. The molecule has 0 spiro atoms. The van der Waals surface area contributed by atoms with Crippen LogP contribution in [0.4, 0.5) is 5.69 Å². The van der Waals surface area contributed by atoms with Crippen molar-refractivity contribution in [3.05, 3.63) is 46.8 Å². The SMILES string of the molecule is Cc1noc(C)c1CNc1cccc(C(=O)N2CCCC(O)C2)c1. The maximum absolute atomic E-state index is 12.6. The van der Waals surface area contributed by atoms with Gasteiger partial charge in [0.25, 0.3) is 5.91 Å². The van der Waals surface area contributed by atoms with Crippen LogP contribution in [0.2, 0.25) is 0 Å². The predicted octanol–water partition coefficient (Wildman–Crippen LogP) is 2.50. The fourth-order valence-electron chi connectivity index (χ4n) is 3.03. The summed E-state index contributed by atoms with van der Waals surface area (Å²) in [5.74, 6) is 0.768. The normalized spacial score (nSPS) is 17.8. The van der Waals surface area contributed by atoms with Crippen LogP contribution in [0.5, 0.6) is 0 Å². The summed E-state index contributed by atoms with van der Waals surface area (Å²) in [6.07, 6.45) is 1.20. The zero-order valence-electron chi connectivity index (χ0n) is 14.1. The number of anilines is 1. The molecule has 0 aliphatic carbocycles. The number of carbonyl (C=O) groups is 1. The summed E-state index contributed by atoms with van der Waals surface area (Å²) >= 11 is 0. The first-order valence-corrected chi connectivity index (χ1v) is 8.27. The van der Waals surface area contributed by atoms with E-state index in [1.807, 2.05) is 38.1 Å². The van der Waals surface area contributed by atoms with Gasteiger partial charge in [-0.2, -0.15) is 0 Å². The molecule has 128 valence electrons. The van der Waals surface area contributed by atoms with E-state index in [0.717, 1.165) is 35.5 Å². The number of nitrogens with one attached hydrogen (secondary N) is 1. The fraction of sp³-hybridized carbons (Fsp3) is 0.444. The summed E-state index contributed by atoms with van der Waals surface area (Å²) in [5.41, 5.74) is 3.41. The highest BCUT2D eigenvalue weighted by atomic mass is 16.5. The van der Waals surface area contributed by atoms with Crippen molar-refractivity contribution in [2.45, 2.75) is 39.3 Å². The molecule has 6 heteroatoms. The molecule has 1 atom stereocenters. The Bertz CT molecular complexity index is 707. The number of piperidine rings is 1. The summed E-state index contributed by atoms with van der Waals surface area (Å²) in [5, 5.41) is 17.0. The Kier molecular flexibility index (Phi) is 4.85. The van der Waals surface area contributed by atoms with Gasteiger partial charge in [-0.1, -0.05) is 11.2 Å². The molecule has 1 amide bonds. The molecule has 3 rings (SSSR count). The van der Waals surface area contributed by atoms with Crippen molar-refractivity contribution < 1.29 is 14.4 Å². The van der Waals surface area contributed by atoms with Crippen LogP contribution >= 0.6 is 0 Å². The molecular weight excluding hydrogens is 306 g/mol. The molecule has 0 bridgehead atoms. The van der Waals surface area contributed by atoms with Gasteiger partial charge in [0.15, 0.2) is 0 Å². The van der Waals surface area contributed by atoms with Gasteiger partial charge >= 0.3 is 0 Å². The number of likely N-dealkylation sites (tertiary alicyclic amines) is 1. The van der Waals surface area contributed by atoms with E-state index < -0.39 is 6.10 Å². The second kappa shape index (κ2) is 7.05. The zero-order chi connectivity index (χ0) is 17.1. The van der Waals surface area contributed by atoms with Crippen LogP contribution in [0.3, 0.4) is 0 Å². The number of hydrogen-bond acceptors (Lipinski definition) is 5. The van der Waals surface area contributed by atoms with Crippen LogP contribution in [0, 0.1) is 13.8 Å². The fourth-order valence-corrected chi connectivity index (χ4v) is 3.03. The van der Waals surface area contributed by atoms with E-state index in [2.05, 4.69) is 10.5 Å². The highest BCUT2D eigenvalue weighted by Crippen LogP contribution is 2.19. The van der Waals surface area contributed by atoms with Gasteiger partial charge < -0.3 is 19.8 Å². The van der Waals surface area contributed by atoms with Crippen molar-refractivity contribution in [3.8, 4) is 0 Å². The molecule has 1 aromatic heterocycles. The maximum atomic E-state index is 12.6. The van der Waals surface area contributed by atoms with E-state index in [0.29, 0.717) is 25.2 Å². The van der Waals surface area contributed by atoms with E-state index in [1.165, 1.54) is 0 Å². The summed E-state index contributed by atoms with van der Waals surface area (Å²) < 4.78 is 5.16. The van der Waals surface area contributed by atoms with E-state index in [4.69, 9.17) is 4.52 Å². The van der Waals surface area contributed by atoms with E-state index in [-0.39, 0.29) is 5.91 Å². The van der Waals surface area contributed by atoms with Crippen LogP contribution in [-0.4, -0.2) is 40.3 Å². The van der Waals surface area contributed by atoms with Gasteiger partial charge in [-0.15, -0.1) is 0 Å². The minimum atomic E-state index is -0.413. The van der Waals surface area contributed by atoms with Crippen LogP contribution in [0.1, 0.15) is 40.2 Å². The van der Waals surface area contributed by atoms with Crippen molar-refractivity contribution >= 4 is 11.6 Å². The number of aliphatic hydroxyl groups excluding tert-OH is 1. The Labute approximate surface area is 141 Å². The lowest BCUT2D eigenvalue weighted by molar-refractivity contribution is 0.0474. The molecule has 0 radical (unpaired) electrons. The summed E-state index contributed by atoms with van der Waals surface area (Å²) in [4.78, 5) is 14.3. The molecule has 24 heavy (non-hydrogen) atoms. The Morgan fingerprint density at radius 2 is 2.29 bits per heavy atom. The largest absolute Gasteiger partial charge is 0.391 e. The molecule has 1 fully saturated rings. The number of amides is 1. The second-order valence-corrected chi connectivity index (χ2v) is 6.28. The number of rotatable bonds is 4. The average molecular weight is 329 g/mol. The Balaban J connectivity index is 1.68. The lowest BCUT2D eigenvalue weighted by Gasteiger charge is -2.30. The Hall–Kier alpha value is -2.34. The number of β-amino-alcohol motifs (C(OH)–C–C–N with tert-alkyl or cyclic N) is 1. The van der Waals surface area contributed by atoms with Gasteiger partial charge in [0.2, 0.25) is 0 Å². The molecule has 2 N–H and O–H groups in total. The molecule has 6 nitrogen and oxygen atoms in total. The Morgan fingerprint density at radius 3 is 3.00 bits per heavy atom. The standard InChI is InChI=1S/C18H23N3O3/c1-12-17(13(2)24-20-12)10-19-15-6-3-5-14(9-15)18(23)21-8-4-7-16(22)11-21/h3,5-6,9,16,19,22H,4,7-8,10-11H2,1-2H3. The minimum Gasteiger partial charge on any atom is -0.391 e. The minimum absolute atomic E-state index is 0.0326. The number of aromatic nitrogens is 1. The highest BCUT2D eigenvalue weighted by Gasteiger charge is 2.23. The number of nitrogens with zero attached hydrogens (tertiary/aromatic N) is 2. The molecule has 1 aliphatic rings. The third kappa shape index (κ3) is 3.59. The second-order valence-electron chi connectivity index (χ2n) is 6.28. The van der Waals surface area contributed by atoms with Gasteiger partial charge in [-0.3, -0.25) is 4.79 Å². The predicted molar refractivity (Wildman–Crippen MR) is 90.9 cm³/mol. The first kappa shape index (κ1) is 16.5. The average Bonchev–Trinajstić information content (AvgIpc) is 2.91. The van der Waals surface area contributed by atoms with Gasteiger partial charge in [0.05, 0.1) is 11.8 Å². The third-order valence-electron chi connectivity index (χ3n) is 4.44. The van der Waals surface area contributed by atoms with Gasteiger partial charge in [0, 0.05) is 36.4 Å². The van der Waals surface area contributed by atoms with Crippen LogP contribution in [-0.2, 0) is 6.54 Å². The first-order valence-electron chi connectivity index (χ1n) is 8.27. The quantitative estimate of drug-likeness (QED) is 0.901. The topological polar surface area (TPSA) is 78.6 Å². The monoisotopic (exact) mass is 329 g/mol. The van der Waals surface area contributed by atoms with Crippen molar-refractivity contribution in [1.82, 2.24) is 10.1 Å². The molecule has 1 unspecified atom stereocenters. The molecule has 0 saturated carbocycles. The van der Waals surface area contributed by atoms with Gasteiger partial charge in [-0.25, -0.2) is 0 Å². The molecule has 2 aromatic rings. The number of aryl methyl sites for hydroxylation is 2. The van der Waals surface area contributed by atoms with Crippen molar-refractivity contribution in [2.75, 3.05) is 18.4 Å². The van der Waals surface area contributed by atoms with Crippen LogP contribution < -0.4 is 5.32 Å². The summed E-state index contributed by atoms with van der Waals surface area (Å²) in [6.45, 7) is 5.51. The summed E-state index contributed by atoms with van der Waals surface area (Å²) in [7, 11) is 0.